The molecule has 1 heterocycles. The average Bonchev–Trinajstić information content (AvgIpc) is 3.64. The molecule has 0 amide bonds. The number of fused-ring (bicyclic) bond motifs is 12. The minimum absolute atomic E-state index is 0.873. The van der Waals surface area contributed by atoms with Crippen molar-refractivity contribution in [2.45, 2.75) is 6.92 Å². The number of hydrogen-bond donors (Lipinski definition) is 0. The summed E-state index contributed by atoms with van der Waals surface area (Å²) in [6.45, 7) is 2.22. The summed E-state index contributed by atoms with van der Waals surface area (Å²) < 4.78 is 7.15. The van der Waals surface area contributed by atoms with Crippen LogP contribution in [0.5, 0.6) is 0 Å². The maximum Gasteiger partial charge on any atom is 0.143 e. The average molecular weight is 702 g/mol. The first-order valence-corrected chi connectivity index (χ1v) is 18.9. The molecule has 0 atom stereocenters. The van der Waals surface area contributed by atoms with Gasteiger partial charge in [-0.3, -0.25) is 0 Å². The van der Waals surface area contributed by atoms with Crippen molar-refractivity contribution in [1.29, 1.82) is 0 Å². The van der Waals surface area contributed by atoms with Gasteiger partial charge in [0.1, 0.15) is 11.2 Å². The summed E-state index contributed by atoms with van der Waals surface area (Å²) in [6, 6.07) is 70.1. The van der Waals surface area contributed by atoms with Crippen LogP contribution < -0.4 is 4.90 Å². The van der Waals surface area contributed by atoms with Gasteiger partial charge in [-0.1, -0.05) is 158 Å². The van der Waals surface area contributed by atoms with Crippen molar-refractivity contribution in [2.24, 2.45) is 0 Å². The van der Waals surface area contributed by atoms with Crippen molar-refractivity contribution in [3.63, 3.8) is 0 Å². The number of hydrogen-bond acceptors (Lipinski definition) is 2. The van der Waals surface area contributed by atoms with Crippen molar-refractivity contribution >= 4 is 82.1 Å². The van der Waals surface area contributed by atoms with Crippen LogP contribution in [0.4, 0.5) is 17.1 Å². The normalized spacial score (nSPS) is 11.7. The van der Waals surface area contributed by atoms with Crippen LogP contribution in [-0.2, 0) is 0 Å². The minimum Gasteiger partial charge on any atom is -0.455 e. The van der Waals surface area contributed by atoms with Gasteiger partial charge in [-0.2, -0.15) is 0 Å². The molecule has 258 valence electrons. The summed E-state index contributed by atoms with van der Waals surface area (Å²) >= 11 is 0. The Morgan fingerprint density at radius 3 is 1.45 bits per heavy atom. The van der Waals surface area contributed by atoms with Crippen LogP contribution in [0, 0.1) is 6.92 Å². The summed E-state index contributed by atoms with van der Waals surface area (Å²) in [4.78, 5) is 2.41. The van der Waals surface area contributed by atoms with Crippen molar-refractivity contribution in [3.8, 4) is 22.3 Å². The third kappa shape index (κ3) is 4.96. The molecule has 1 aromatic heterocycles. The zero-order valence-electron chi connectivity index (χ0n) is 30.3. The van der Waals surface area contributed by atoms with Gasteiger partial charge >= 0.3 is 0 Å². The second-order valence-electron chi connectivity index (χ2n) is 14.5. The van der Waals surface area contributed by atoms with Crippen LogP contribution in [0.25, 0.3) is 87.3 Å². The molecular weight excluding hydrogens is 667 g/mol. The Hall–Kier alpha value is -7.16. The van der Waals surface area contributed by atoms with E-state index in [1.165, 1.54) is 65.5 Å². The van der Waals surface area contributed by atoms with Gasteiger partial charge in [0.15, 0.2) is 0 Å². The number of aryl methyl sites for hydroxylation is 1. The molecule has 0 spiro atoms. The van der Waals surface area contributed by atoms with E-state index < -0.39 is 0 Å². The highest BCUT2D eigenvalue weighted by atomic mass is 16.3. The monoisotopic (exact) mass is 701 g/mol. The standard InChI is InChI=1S/C53H35NO/c1-34-32-38(36-16-6-3-7-17-36)26-31-48(34)54(39-27-24-37(25-28-39)35-14-4-2-5-15-35)49-33-50-51(45-23-13-11-21-43(45)49)47-30-29-46-42-20-9-8-18-40(42)41-19-10-12-22-44(41)52(46)53(47)55-50/h2-33H,1H3. The highest BCUT2D eigenvalue weighted by molar-refractivity contribution is 6.34. The Labute approximate surface area is 319 Å². The van der Waals surface area contributed by atoms with E-state index in [9.17, 15) is 0 Å². The number of rotatable bonds is 5. The van der Waals surface area contributed by atoms with Crippen LogP contribution in [-0.4, -0.2) is 0 Å². The fourth-order valence-corrected chi connectivity index (χ4v) is 8.81. The van der Waals surface area contributed by atoms with E-state index in [-0.39, 0.29) is 0 Å². The van der Waals surface area contributed by atoms with Gasteiger partial charge in [0.25, 0.3) is 0 Å². The van der Waals surface area contributed by atoms with Crippen molar-refractivity contribution < 1.29 is 4.42 Å². The van der Waals surface area contributed by atoms with E-state index in [0.717, 1.165) is 44.4 Å². The highest BCUT2D eigenvalue weighted by Crippen LogP contribution is 2.48. The van der Waals surface area contributed by atoms with Crippen molar-refractivity contribution in [2.75, 3.05) is 4.90 Å². The quantitative estimate of drug-likeness (QED) is 0.166. The van der Waals surface area contributed by atoms with E-state index >= 15 is 0 Å². The largest absolute Gasteiger partial charge is 0.455 e. The minimum atomic E-state index is 0.873. The van der Waals surface area contributed by atoms with Crippen LogP contribution in [0.1, 0.15) is 5.56 Å². The van der Waals surface area contributed by atoms with E-state index in [0.29, 0.717) is 0 Å². The number of benzene rings is 10. The number of nitrogens with zero attached hydrogens (tertiary/aromatic N) is 1. The van der Waals surface area contributed by atoms with Crippen molar-refractivity contribution in [1.82, 2.24) is 0 Å². The SMILES string of the molecule is Cc1cc(-c2ccccc2)ccc1N(c1ccc(-c2ccccc2)cc1)c1cc2oc3c(ccc4c5ccccc5c5ccccc5c43)c2c2ccccc12. The Bertz CT molecular complexity index is 3220. The van der Waals surface area contributed by atoms with Gasteiger partial charge in [-0.25, -0.2) is 0 Å². The van der Waals surface area contributed by atoms with Crippen LogP contribution in [0.3, 0.4) is 0 Å². The van der Waals surface area contributed by atoms with Gasteiger partial charge in [-0.15, -0.1) is 0 Å². The first kappa shape index (κ1) is 31.4. The molecule has 10 aromatic carbocycles. The Morgan fingerprint density at radius 2 is 0.818 bits per heavy atom. The van der Waals surface area contributed by atoms with Crippen molar-refractivity contribution in [3.05, 3.63) is 200 Å². The lowest BCUT2D eigenvalue weighted by Crippen LogP contribution is -2.12. The molecule has 11 rings (SSSR count). The fraction of sp³-hybridized carbons (Fsp3) is 0.0189. The summed E-state index contributed by atoms with van der Waals surface area (Å²) in [6.07, 6.45) is 0. The molecule has 0 saturated carbocycles. The van der Waals surface area contributed by atoms with Crippen LogP contribution >= 0.6 is 0 Å². The molecular formula is C53H35NO. The molecule has 2 heteroatoms. The third-order valence-corrected chi connectivity index (χ3v) is 11.3. The predicted molar refractivity (Wildman–Crippen MR) is 234 cm³/mol. The van der Waals surface area contributed by atoms with E-state index in [4.69, 9.17) is 4.42 Å². The number of furan rings is 1. The molecule has 11 aromatic rings. The lowest BCUT2D eigenvalue weighted by atomic mass is 9.92. The molecule has 0 saturated heterocycles. The fourth-order valence-electron chi connectivity index (χ4n) is 8.81. The van der Waals surface area contributed by atoms with Gasteiger partial charge in [-0.05, 0) is 97.4 Å². The molecule has 0 aliphatic rings. The molecule has 55 heavy (non-hydrogen) atoms. The molecule has 0 fully saturated rings. The predicted octanol–water partition coefficient (Wildman–Crippen LogP) is 15.3. The van der Waals surface area contributed by atoms with Gasteiger partial charge in [0, 0.05) is 39.0 Å². The zero-order chi connectivity index (χ0) is 36.5. The molecule has 0 aliphatic heterocycles. The first-order valence-electron chi connectivity index (χ1n) is 18.9. The van der Waals surface area contributed by atoms with E-state index in [2.05, 4.69) is 206 Å². The molecule has 0 radical (unpaired) electrons. The van der Waals surface area contributed by atoms with E-state index in [1.807, 2.05) is 0 Å². The summed E-state index contributed by atoms with van der Waals surface area (Å²) in [5.41, 5.74) is 11.1. The first-order chi connectivity index (χ1) is 27.2. The summed E-state index contributed by atoms with van der Waals surface area (Å²) in [5, 5.41) is 11.9. The molecule has 2 nitrogen and oxygen atoms in total. The highest BCUT2D eigenvalue weighted by Gasteiger charge is 2.23. The Morgan fingerprint density at radius 1 is 0.345 bits per heavy atom. The lowest BCUT2D eigenvalue weighted by molar-refractivity contribution is 0.673. The second-order valence-corrected chi connectivity index (χ2v) is 14.5. The number of anilines is 3. The smallest absolute Gasteiger partial charge is 0.143 e. The van der Waals surface area contributed by atoms with Crippen LogP contribution in [0.2, 0.25) is 0 Å². The second kappa shape index (κ2) is 12.5. The van der Waals surface area contributed by atoms with Gasteiger partial charge in [0.2, 0.25) is 0 Å². The maximum absolute atomic E-state index is 7.15. The maximum atomic E-state index is 7.15. The summed E-state index contributed by atoms with van der Waals surface area (Å²) in [7, 11) is 0. The topological polar surface area (TPSA) is 16.4 Å². The Balaban J connectivity index is 1.19. The lowest BCUT2D eigenvalue weighted by Gasteiger charge is -2.29. The summed E-state index contributed by atoms with van der Waals surface area (Å²) in [5.74, 6) is 0. The van der Waals surface area contributed by atoms with E-state index in [1.54, 1.807) is 0 Å². The third-order valence-electron chi connectivity index (χ3n) is 11.3. The zero-order valence-corrected chi connectivity index (χ0v) is 30.3. The Kier molecular flexibility index (Phi) is 7.11. The molecule has 0 bridgehead atoms. The molecule has 0 N–H and O–H groups in total. The molecule has 0 unspecified atom stereocenters. The van der Waals surface area contributed by atoms with Crippen LogP contribution in [0.15, 0.2) is 199 Å². The van der Waals surface area contributed by atoms with Gasteiger partial charge in [0.05, 0.1) is 5.69 Å². The molecule has 0 aliphatic carbocycles. The van der Waals surface area contributed by atoms with Gasteiger partial charge < -0.3 is 9.32 Å².